The number of urea groups is 1. The summed E-state index contributed by atoms with van der Waals surface area (Å²) < 4.78 is 6.21. The highest BCUT2D eigenvalue weighted by Crippen LogP contribution is 2.65. The average molecular weight is 698 g/mol. The number of nitrogens with zero attached hydrogens (tertiary/aromatic N) is 1. The average Bonchev–Trinajstić information content (AvgIpc) is 3.37. The van der Waals surface area contributed by atoms with Crippen LogP contribution >= 0.6 is 0 Å². The standard InChI is InChI=1S/C39H63N5O6/c1-9-11-18-27(30(45)33(47)40-23-10-2)41-32(46)29-28-26(37(28,6)7)24-44(29)34(48)31(38(8)19-14-12-15-20-38)42-35(49)43-39(21-16-13-17-22-39)25-50-36(3,4)5/h1,10,26-29,31-32,41,46H,2,11-25H2,3-8H3,(H,40,47)(H2,42,43,49)/t26?,27?,28-,29?,31+,32?/m0/s1. The van der Waals surface area contributed by atoms with E-state index in [9.17, 15) is 24.3 Å². The molecule has 6 atom stereocenters. The number of nitrogens with one attached hydrogen (secondary N) is 4. The molecular formula is C39H63N5O6. The third-order valence-electron chi connectivity index (χ3n) is 11.9. The van der Waals surface area contributed by atoms with Crippen molar-refractivity contribution >= 4 is 23.6 Å². The molecule has 0 aromatic carbocycles. The summed E-state index contributed by atoms with van der Waals surface area (Å²) in [6.45, 7) is 16.9. The van der Waals surface area contributed by atoms with Crippen molar-refractivity contribution in [3.8, 4) is 12.3 Å². The van der Waals surface area contributed by atoms with Gasteiger partial charge in [0.1, 0.15) is 12.3 Å². The molecule has 3 aliphatic carbocycles. The van der Waals surface area contributed by atoms with Crippen molar-refractivity contribution in [2.75, 3.05) is 19.7 Å². The van der Waals surface area contributed by atoms with Gasteiger partial charge in [0, 0.05) is 19.5 Å². The number of Topliss-reactive ketones (excluding diaryl/α,β-unsaturated/α-hetero) is 1. The van der Waals surface area contributed by atoms with E-state index in [4.69, 9.17) is 11.2 Å². The monoisotopic (exact) mass is 697 g/mol. The number of amides is 4. The van der Waals surface area contributed by atoms with Crippen molar-refractivity contribution in [2.45, 2.75) is 154 Å². The van der Waals surface area contributed by atoms with Crippen molar-refractivity contribution in [3.63, 3.8) is 0 Å². The zero-order valence-electron chi connectivity index (χ0n) is 31.4. The molecule has 1 heterocycles. The second-order valence-corrected chi connectivity index (χ2v) is 17.2. The minimum Gasteiger partial charge on any atom is -0.376 e. The van der Waals surface area contributed by atoms with E-state index in [1.165, 1.54) is 6.08 Å². The van der Waals surface area contributed by atoms with Crippen LogP contribution < -0.4 is 21.3 Å². The van der Waals surface area contributed by atoms with Crippen molar-refractivity contribution in [2.24, 2.45) is 22.7 Å². The van der Waals surface area contributed by atoms with Crippen LogP contribution in [0.15, 0.2) is 12.7 Å². The predicted octanol–water partition coefficient (Wildman–Crippen LogP) is 4.19. The van der Waals surface area contributed by atoms with Crippen LogP contribution in [0, 0.1) is 35.0 Å². The normalized spacial score (nSPS) is 26.7. The van der Waals surface area contributed by atoms with E-state index in [0.29, 0.717) is 13.2 Å². The Bertz CT molecular complexity index is 1290. The van der Waals surface area contributed by atoms with Gasteiger partial charge in [-0.3, -0.25) is 19.7 Å². The number of aliphatic hydroxyl groups is 1. The van der Waals surface area contributed by atoms with Gasteiger partial charge in [0.25, 0.3) is 5.91 Å². The number of hydrogen-bond acceptors (Lipinski definition) is 7. The number of ether oxygens (including phenoxy) is 1. The molecule has 11 heteroatoms. The van der Waals surface area contributed by atoms with E-state index < -0.39 is 47.0 Å². The van der Waals surface area contributed by atoms with Gasteiger partial charge in [-0.05, 0) is 75.5 Å². The van der Waals surface area contributed by atoms with Gasteiger partial charge in [-0.15, -0.1) is 18.9 Å². The Morgan fingerprint density at radius 1 is 1.04 bits per heavy atom. The Hall–Kier alpha value is -2.94. The molecule has 4 amide bonds. The highest BCUT2D eigenvalue weighted by molar-refractivity contribution is 6.38. The zero-order valence-corrected chi connectivity index (χ0v) is 31.4. The molecule has 11 nitrogen and oxygen atoms in total. The molecule has 1 aliphatic heterocycles. The molecule has 4 rings (SSSR count). The molecule has 0 radical (unpaired) electrons. The second kappa shape index (κ2) is 16.2. The van der Waals surface area contributed by atoms with E-state index in [0.717, 1.165) is 64.2 Å². The van der Waals surface area contributed by atoms with Crippen LogP contribution in [-0.2, 0) is 19.1 Å². The maximum absolute atomic E-state index is 14.9. The minimum absolute atomic E-state index is 0.0272. The molecule has 3 saturated carbocycles. The summed E-state index contributed by atoms with van der Waals surface area (Å²) in [5, 5.41) is 23.8. The van der Waals surface area contributed by atoms with Crippen molar-refractivity contribution in [3.05, 3.63) is 12.7 Å². The van der Waals surface area contributed by atoms with Gasteiger partial charge < -0.3 is 30.7 Å². The fourth-order valence-corrected chi connectivity index (χ4v) is 8.82. The maximum atomic E-state index is 14.9. The molecular weight excluding hydrogens is 634 g/mol. The van der Waals surface area contributed by atoms with Crippen LogP contribution in [0.2, 0.25) is 0 Å². The number of aliphatic hydroxyl groups excluding tert-OH is 1. The fraction of sp³-hybridized carbons (Fsp3) is 0.795. The first-order valence-electron chi connectivity index (χ1n) is 18.8. The third-order valence-corrected chi connectivity index (χ3v) is 11.9. The number of hydrogen-bond donors (Lipinski definition) is 5. The Kier molecular flexibility index (Phi) is 12.9. The van der Waals surface area contributed by atoms with Crippen LogP contribution in [0.3, 0.4) is 0 Å². The van der Waals surface area contributed by atoms with Gasteiger partial charge >= 0.3 is 6.03 Å². The van der Waals surface area contributed by atoms with E-state index in [1.54, 1.807) is 4.90 Å². The first kappa shape index (κ1) is 39.8. The molecule has 50 heavy (non-hydrogen) atoms. The van der Waals surface area contributed by atoms with E-state index in [2.05, 4.69) is 54.5 Å². The molecule has 280 valence electrons. The number of carbonyl (C=O) groups is 4. The van der Waals surface area contributed by atoms with Crippen LogP contribution in [0.5, 0.6) is 0 Å². The molecule has 4 fully saturated rings. The SMILES string of the molecule is C#CCCC(NC(O)C1[C@@H]2C(CN1C(=O)[C@@H](NC(=O)NC1(COC(C)(C)C)CCCCC1)C1(C)CCCCC1)C2(C)C)C(=O)C(=O)NCC=C. The smallest absolute Gasteiger partial charge is 0.315 e. The Balaban J connectivity index is 1.59. The Labute approximate surface area is 299 Å². The summed E-state index contributed by atoms with van der Waals surface area (Å²) in [5.41, 5.74) is -1.48. The number of terminal acetylenes is 1. The van der Waals surface area contributed by atoms with Crippen LogP contribution in [-0.4, -0.2) is 88.8 Å². The summed E-state index contributed by atoms with van der Waals surface area (Å²) in [7, 11) is 0. The number of fused-ring (bicyclic) bond motifs is 1. The van der Waals surface area contributed by atoms with Crippen molar-refractivity contribution < 1.29 is 29.0 Å². The lowest BCUT2D eigenvalue weighted by Crippen LogP contribution is -2.65. The van der Waals surface area contributed by atoms with Gasteiger partial charge in [-0.2, -0.15) is 0 Å². The summed E-state index contributed by atoms with van der Waals surface area (Å²) >= 11 is 0. The van der Waals surface area contributed by atoms with Gasteiger partial charge in [-0.25, -0.2) is 4.79 Å². The van der Waals surface area contributed by atoms with E-state index in [-0.39, 0.29) is 54.2 Å². The van der Waals surface area contributed by atoms with Crippen LogP contribution in [0.25, 0.3) is 0 Å². The molecule has 0 bridgehead atoms. The lowest BCUT2D eigenvalue weighted by atomic mass is 9.70. The molecule has 0 aromatic heterocycles. The summed E-state index contributed by atoms with van der Waals surface area (Å²) in [4.78, 5) is 56.4. The third kappa shape index (κ3) is 9.29. The lowest BCUT2D eigenvalue weighted by Gasteiger charge is -2.45. The molecule has 5 N–H and O–H groups in total. The van der Waals surface area contributed by atoms with Gasteiger partial charge in [0.05, 0.1) is 29.8 Å². The first-order chi connectivity index (χ1) is 23.5. The van der Waals surface area contributed by atoms with Crippen LogP contribution in [0.1, 0.15) is 119 Å². The molecule has 0 aromatic rings. The molecule has 1 saturated heterocycles. The lowest BCUT2D eigenvalue weighted by molar-refractivity contribution is -0.144. The quantitative estimate of drug-likeness (QED) is 0.0746. The number of likely N-dealkylation sites (tertiary alicyclic amines) is 1. The zero-order chi connectivity index (χ0) is 36.9. The maximum Gasteiger partial charge on any atom is 0.315 e. The fourth-order valence-electron chi connectivity index (χ4n) is 8.82. The van der Waals surface area contributed by atoms with Crippen molar-refractivity contribution in [1.29, 1.82) is 0 Å². The van der Waals surface area contributed by atoms with Crippen molar-refractivity contribution in [1.82, 2.24) is 26.2 Å². The Morgan fingerprint density at radius 2 is 1.66 bits per heavy atom. The summed E-state index contributed by atoms with van der Waals surface area (Å²) in [5.74, 6) is 0.887. The molecule has 4 unspecified atom stereocenters. The second-order valence-electron chi connectivity index (χ2n) is 17.2. The summed E-state index contributed by atoms with van der Waals surface area (Å²) in [6, 6.07) is -2.89. The number of ketones is 1. The highest BCUT2D eigenvalue weighted by Gasteiger charge is 2.69. The number of piperidine rings is 1. The van der Waals surface area contributed by atoms with E-state index >= 15 is 0 Å². The number of carbonyl (C=O) groups excluding carboxylic acids is 4. The highest BCUT2D eigenvalue weighted by atomic mass is 16.5. The minimum atomic E-state index is -1.30. The first-order valence-corrected chi connectivity index (χ1v) is 18.8. The largest absolute Gasteiger partial charge is 0.376 e. The predicted molar refractivity (Wildman–Crippen MR) is 194 cm³/mol. The molecule has 4 aliphatic rings. The van der Waals surface area contributed by atoms with E-state index in [1.807, 2.05) is 20.8 Å². The van der Waals surface area contributed by atoms with Gasteiger partial charge in [-0.1, -0.05) is 65.4 Å². The van der Waals surface area contributed by atoms with Crippen LogP contribution in [0.4, 0.5) is 4.79 Å². The molecule has 0 spiro atoms. The van der Waals surface area contributed by atoms with Gasteiger partial charge in [0.2, 0.25) is 11.7 Å². The summed E-state index contributed by atoms with van der Waals surface area (Å²) in [6.07, 6.45) is 15.4. The Morgan fingerprint density at radius 3 is 2.24 bits per heavy atom. The van der Waals surface area contributed by atoms with Gasteiger partial charge in [0.15, 0.2) is 0 Å². The topological polar surface area (TPSA) is 149 Å². The number of rotatable bonds is 15.